The molecule has 0 radical (unpaired) electrons. The van der Waals surface area contributed by atoms with Crippen LogP contribution in [0.15, 0.2) is 53.0 Å². The van der Waals surface area contributed by atoms with Crippen LogP contribution in [0.5, 0.6) is 0 Å². The van der Waals surface area contributed by atoms with Gasteiger partial charge in [0.15, 0.2) is 0 Å². The first-order chi connectivity index (χ1) is 13.8. The van der Waals surface area contributed by atoms with Crippen molar-refractivity contribution < 1.29 is 18.4 Å². The lowest BCUT2D eigenvalue weighted by molar-refractivity contribution is -0.116. The lowest BCUT2D eigenvalue weighted by Gasteiger charge is -2.10. The molecule has 0 fully saturated rings. The molecule has 3 rings (SSSR count). The number of halogens is 3. The van der Waals surface area contributed by atoms with Crippen molar-refractivity contribution in [3.63, 3.8) is 0 Å². The van der Waals surface area contributed by atoms with E-state index in [0.29, 0.717) is 21.7 Å². The Kier molecular flexibility index (Phi) is 6.38. The molecule has 0 saturated carbocycles. The van der Waals surface area contributed by atoms with Crippen LogP contribution in [0, 0.1) is 18.6 Å². The molecular formula is C20H17BrF2N4O2. The van der Waals surface area contributed by atoms with E-state index in [1.165, 1.54) is 28.9 Å². The Labute approximate surface area is 174 Å². The largest absolute Gasteiger partial charge is 0.351 e. The maximum Gasteiger partial charge on any atom is 0.252 e. The van der Waals surface area contributed by atoms with Crippen molar-refractivity contribution in [1.29, 1.82) is 0 Å². The zero-order valence-electron chi connectivity index (χ0n) is 15.4. The summed E-state index contributed by atoms with van der Waals surface area (Å²) in [5, 5.41) is 9.61. The van der Waals surface area contributed by atoms with Crippen molar-refractivity contribution >= 4 is 33.6 Å². The Morgan fingerprint density at radius 1 is 1.07 bits per heavy atom. The normalized spacial score (nSPS) is 10.6. The van der Waals surface area contributed by atoms with E-state index in [-0.39, 0.29) is 30.3 Å². The van der Waals surface area contributed by atoms with Crippen LogP contribution < -0.4 is 10.6 Å². The van der Waals surface area contributed by atoms with E-state index in [9.17, 15) is 18.4 Å². The van der Waals surface area contributed by atoms with E-state index >= 15 is 0 Å². The minimum Gasteiger partial charge on any atom is -0.351 e. The van der Waals surface area contributed by atoms with Crippen LogP contribution in [-0.2, 0) is 4.79 Å². The molecular weight excluding hydrogens is 446 g/mol. The number of aromatic nitrogens is 2. The number of nitrogens with zero attached hydrogens (tertiary/aromatic N) is 2. The van der Waals surface area contributed by atoms with Crippen molar-refractivity contribution in [3.05, 3.63) is 75.9 Å². The van der Waals surface area contributed by atoms with Gasteiger partial charge in [-0.15, -0.1) is 0 Å². The zero-order valence-corrected chi connectivity index (χ0v) is 17.0. The van der Waals surface area contributed by atoms with E-state index in [1.807, 2.05) is 0 Å². The van der Waals surface area contributed by atoms with Gasteiger partial charge in [-0.05, 0) is 65.3 Å². The molecule has 0 spiro atoms. The van der Waals surface area contributed by atoms with Gasteiger partial charge in [-0.1, -0.05) is 0 Å². The fraction of sp³-hybridized carbons (Fsp3) is 0.150. The molecule has 6 nitrogen and oxygen atoms in total. The highest BCUT2D eigenvalue weighted by Crippen LogP contribution is 2.19. The number of amides is 2. The van der Waals surface area contributed by atoms with Crippen molar-refractivity contribution in [2.45, 2.75) is 13.3 Å². The summed E-state index contributed by atoms with van der Waals surface area (Å²) in [6, 6.07) is 11.2. The van der Waals surface area contributed by atoms with Gasteiger partial charge in [0, 0.05) is 23.5 Å². The highest BCUT2D eigenvalue weighted by Gasteiger charge is 2.13. The minimum absolute atomic E-state index is 0.00627. The number of aryl methyl sites for hydroxylation is 1. The quantitative estimate of drug-likeness (QED) is 0.581. The predicted octanol–water partition coefficient (Wildman–Crippen LogP) is 3.98. The SMILES string of the molecule is Cc1cc(NC(=O)CCNC(=O)c2cc(F)ccc2Br)n(-c2ccc(F)cc2)n1. The Hall–Kier alpha value is -3.07. The molecule has 3 aromatic rings. The van der Waals surface area contributed by atoms with Crippen LogP contribution in [0.4, 0.5) is 14.6 Å². The van der Waals surface area contributed by atoms with Gasteiger partial charge in [0.2, 0.25) is 5.91 Å². The molecule has 0 unspecified atom stereocenters. The monoisotopic (exact) mass is 462 g/mol. The molecule has 0 atom stereocenters. The summed E-state index contributed by atoms with van der Waals surface area (Å²) >= 11 is 3.19. The van der Waals surface area contributed by atoms with Gasteiger partial charge in [-0.2, -0.15) is 5.10 Å². The third-order valence-electron chi connectivity index (χ3n) is 3.98. The third kappa shape index (κ3) is 5.26. The second kappa shape index (κ2) is 8.95. The molecule has 0 aliphatic rings. The molecule has 1 aromatic heterocycles. The number of carbonyl (C=O) groups excluding carboxylic acids is 2. The van der Waals surface area contributed by atoms with Gasteiger partial charge in [0.25, 0.3) is 5.91 Å². The average molecular weight is 463 g/mol. The molecule has 2 N–H and O–H groups in total. The van der Waals surface area contributed by atoms with Crippen molar-refractivity contribution in [2.75, 3.05) is 11.9 Å². The lowest BCUT2D eigenvalue weighted by atomic mass is 10.2. The first kappa shape index (κ1) is 20.7. The van der Waals surface area contributed by atoms with Gasteiger partial charge in [-0.3, -0.25) is 9.59 Å². The predicted molar refractivity (Wildman–Crippen MR) is 108 cm³/mol. The molecule has 1 heterocycles. The molecule has 0 aliphatic heterocycles. The van der Waals surface area contributed by atoms with Crippen molar-refractivity contribution in [1.82, 2.24) is 15.1 Å². The molecule has 0 aliphatic carbocycles. The highest BCUT2D eigenvalue weighted by atomic mass is 79.9. The minimum atomic E-state index is -0.527. The standard InChI is InChI=1S/C20H17BrF2N4O2/c1-12-10-18(27(26-12)15-5-2-13(22)3-6-15)25-19(28)8-9-24-20(29)16-11-14(23)4-7-17(16)21/h2-7,10-11H,8-9H2,1H3,(H,24,29)(H,25,28). The summed E-state index contributed by atoms with van der Waals surface area (Å²) in [7, 11) is 0. The number of hydrogen-bond acceptors (Lipinski definition) is 3. The van der Waals surface area contributed by atoms with E-state index in [4.69, 9.17) is 0 Å². The van der Waals surface area contributed by atoms with Crippen molar-refractivity contribution in [3.8, 4) is 5.69 Å². The molecule has 2 aromatic carbocycles. The number of anilines is 1. The third-order valence-corrected chi connectivity index (χ3v) is 4.67. The maximum absolute atomic E-state index is 13.3. The number of benzene rings is 2. The topological polar surface area (TPSA) is 76.0 Å². The van der Waals surface area contributed by atoms with Gasteiger partial charge in [-0.25, -0.2) is 13.5 Å². The van der Waals surface area contributed by atoms with Crippen LogP contribution in [0.25, 0.3) is 5.69 Å². The summed E-state index contributed by atoms with van der Waals surface area (Å²) in [5.74, 6) is -1.30. The number of rotatable bonds is 6. The Morgan fingerprint density at radius 2 is 1.76 bits per heavy atom. The van der Waals surface area contributed by atoms with Crippen LogP contribution in [0.3, 0.4) is 0 Å². The second-order valence-corrected chi connectivity index (χ2v) is 7.09. The molecule has 2 amide bonds. The molecule has 29 heavy (non-hydrogen) atoms. The first-order valence-corrected chi connectivity index (χ1v) is 9.48. The van der Waals surface area contributed by atoms with E-state index in [2.05, 4.69) is 31.7 Å². The fourth-order valence-corrected chi connectivity index (χ4v) is 3.06. The second-order valence-electron chi connectivity index (χ2n) is 6.24. The number of hydrogen-bond donors (Lipinski definition) is 2. The molecule has 0 bridgehead atoms. The summed E-state index contributed by atoms with van der Waals surface area (Å²) < 4.78 is 28.4. The zero-order chi connectivity index (χ0) is 21.0. The Morgan fingerprint density at radius 3 is 2.48 bits per heavy atom. The Bertz CT molecular complexity index is 1050. The maximum atomic E-state index is 13.3. The lowest BCUT2D eigenvalue weighted by Crippen LogP contribution is -2.28. The fourth-order valence-electron chi connectivity index (χ4n) is 2.63. The van der Waals surface area contributed by atoms with E-state index < -0.39 is 11.7 Å². The summed E-state index contributed by atoms with van der Waals surface area (Å²) in [5.41, 5.74) is 1.42. The molecule has 150 valence electrons. The van der Waals surface area contributed by atoms with Gasteiger partial charge in [0.1, 0.15) is 17.5 Å². The van der Waals surface area contributed by atoms with E-state index in [0.717, 1.165) is 6.07 Å². The van der Waals surface area contributed by atoms with Crippen LogP contribution in [0.2, 0.25) is 0 Å². The number of carbonyl (C=O) groups is 2. The van der Waals surface area contributed by atoms with Crippen LogP contribution >= 0.6 is 15.9 Å². The first-order valence-electron chi connectivity index (χ1n) is 8.69. The van der Waals surface area contributed by atoms with Gasteiger partial charge < -0.3 is 10.6 Å². The van der Waals surface area contributed by atoms with E-state index in [1.54, 1.807) is 25.1 Å². The average Bonchev–Trinajstić information content (AvgIpc) is 3.04. The highest BCUT2D eigenvalue weighted by molar-refractivity contribution is 9.10. The van der Waals surface area contributed by atoms with Gasteiger partial charge in [0.05, 0.1) is 16.9 Å². The van der Waals surface area contributed by atoms with Crippen LogP contribution in [0.1, 0.15) is 22.5 Å². The van der Waals surface area contributed by atoms with Gasteiger partial charge >= 0.3 is 0 Å². The molecule has 9 heteroatoms. The summed E-state index contributed by atoms with van der Waals surface area (Å²) in [6.07, 6.45) is 0.00627. The van der Waals surface area contributed by atoms with Crippen molar-refractivity contribution in [2.24, 2.45) is 0 Å². The smallest absolute Gasteiger partial charge is 0.252 e. The number of nitrogens with one attached hydrogen (secondary N) is 2. The Balaban J connectivity index is 1.59. The van der Waals surface area contributed by atoms with Crippen LogP contribution in [-0.4, -0.2) is 28.1 Å². The molecule has 0 saturated heterocycles. The summed E-state index contributed by atoms with van der Waals surface area (Å²) in [4.78, 5) is 24.4. The summed E-state index contributed by atoms with van der Waals surface area (Å²) in [6.45, 7) is 1.84.